The predicted molar refractivity (Wildman–Crippen MR) is 92.9 cm³/mol. The van der Waals surface area contributed by atoms with Crippen molar-refractivity contribution in [2.75, 3.05) is 13.1 Å². The Bertz CT molecular complexity index is 923. The number of nitriles is 1. The van der Waals surface area contributed by atoms with Gasteiger partial charge in [-0.15, -0.1) is 0 Å². The number of benzene rings is 1. The van der Waals surface area contributed by atoms with Gasteiger partial charge in [-0.05, 0) is 43.7 Å². The molecule has 0 bridgehead atoms. The van der Waals surface area contributed by atoms with Gasteiger partial charge in [0.05, 0.1) is 18.3 Å². The first kappa shape index (κ1) is 17.7. The smallest absolute Gasteiger partial charge is 0.244 e. The lowest BCUT2D eigenvalue weighted by Crippen LogP contribution is -2.31. The zero-order valence-corrected chi connectivity index (χ0v) is 15.1. The highest BCUT2D eigenvalue weighted by Gasteiger charge is 2.35. The van der Waals surface area contributed by atoms with Gasteiger partial charge in [-0.25, -0.2) is 8.42 Å². The van der Waals surface area contributed by atoms with E-state index in [1.807, 2.05) is 25.1 Å². The minimum Gasteiger partial charge on any atom is -0.487 e. The number of hydrogen-bond acceptors (Lipinski definition) is 5. The maximum atomic E-state index is 12.9. The van der Waals surface area contributed by atoms with Gasteiger partial charge in [0.15, 0.2) is 0 Å². The third kappa shape index (κ3) is 3.76. The highest BCUT2D eigenvalue weighted by Crippen LogP contribution is 2.27. The summed E-state index contributed by atoms with van der Waals surface area (Å²) in [5, 5.41) is 9.45. The first-order chi connectivity index (χ1) is 11.9. The summed E-state index contributed by atoms with van der Waals surface area (Å²) in [5.74, 6) is 0.607. The molecule has 0 radical (unpaired) electrons. The maximum absolute atomic E-state index is 12.9. The summed E-state index contributed by atoms with van der Waals surface area (Å²) < 4.78 is 32.9. The van der Waals surface area contributed by atoms with Gasteiger partial charge in [0.25, 0.3) is 0 Å². The molecule has 1 aliphatic heterocycles. The largest absolute Gasteiger partial charge is 0.487 e. The number of sulfonamides is 1. The quantitative estimate of drug-likeness (QED) is 0.818. The molecule has 2 aromatic rings. The molecule has 25 heavy (non-hydrogen) atoms. The van der Waals surface area contributed by atoms with Crippen LogP contribution in [0.15, 0.2) is 41.4 Å². The van der Waals surface area contributed by atoms with Crippen LogP contribution in [0.2, 0.25) is 5.02 Å². The Balaban J connectivity index is 1.78. The summed E-state index contributed by atoms with van der Waals surface area (Å²) in [6.07, 6.45) is 1.93. The Morgan fingerprint density at radius 2 is 2.16 bits per heavy atom. The molecule has 1 aromatic carbocycles. The molecule has 1 aliphatic rings. The lowest BCUT2D eigenvalue weighted by Gasteiger charge is -2.18. The fraction of sp³-hybridized carbons (Fsp3) is 0.294. The average molecular weight is 378 g/mol. The van der Waals surface area contributed by atoms with Crippen LogP contribution in [-0.2, 0) is 10.0 Å². The van der Waals surface area contributed by atoms with Gasteiger partial charge in [0.1, 0.15) is 22.8 Å². The third-order valence-corrected chi connectivity index (χ3v) is 6.12. The zero-order valence-electron chi connectivity index (χ0n) is 13.5. The summed E-state index contributed by atoms with van der Waals surface area (Å²) in [7, 11) is -3.81. The summed E-state index contributed by atoms with van der Waals surface area (Å²) in [4.78, 5) is 4.09. The lowest BCUT2D eigenvalue weighted by atomic mass is 10.2. The standard InChI is InChI=1S/C17H16ClN3O3S/c1-12-2-5-15(10-20-12)24-16-6-7-21(11-16)25(22,23)17-8-14(18)4-3-13(17)9-19/h2-5,8,10,16H,6-7,11H2,1H3. The topological polar surface area (TPSA) is 83.3 Å². The van der Waals surface area contributed by atoms with E-state index in [9.17, 15) is 13.7 Å². The summed E-state index contributed by atoms with van der Waals surface area (Å²) in [5.41, 5.74) is 0.962. The van der Waals surface area contributed by atoms with E-state index in [-0.39, 0.29) is 28.1 Å². The molecule has 0 aliphatic carbocycles. The molecular weight excluding hydrogens is 362 g/mol. The second-order valence-electron chi connectivity index (χ2n) is 5.78. The monoisotopic (exact) mass is 377 g/mol. The lowest BCUT2D eigenvalue weighted by molar-refractivity contribution is 0.214. The van der Waals surface area contributed by atoms with Crippen molar-refractivity contribution >= 4 is 21.6 Å². The van der Waals surface area contributed by atoms with Crippen LogP contribution in [0.1, 0.15) is 17.7 Å². The Morgan fingerprint density at radius 1 is 1.36 bits per heavy atom. The van der Waals surface area contributed by atoms with E-state index in [1.54, 1.807) is 6.20 Å². The van der Waals surface area contributed by atoms with Crippen LogP contribution in [0.3, 0.4) is 0 Å². The fourth-order valence-electron chi connectivity index (χ4n) is 2.67. The van der Waals surface area contributed by atoms with Gasteiger partial charge in [-0.2, -0.15) is 9.57 Å². The Hall–Kier alpha value is -2.14. The molecule has 0 N–H and O–H groups in total. The van der Waals surface area contributed by atoms with Crippen LogP contribution in [0, 0.1) is 18.3 Å². The Kier molecular flexibility index (Phi) is 4.95. The van der Waals surface area contributed by atoms with E-state index in [0.717, 1.165) is 5.69 Å². The number of nitrogens with zero attached hydrogens (tertiary/aromatic N) is 3. The van der Waals surface area contributed by atoms with Crippen molar-refractivity contribution < 1.29 is 13.2 Å². The number of hydrogen-bond donors (Lipinski definition) is 0. The number of rotatable bonds is 4. The molecular formula is C17H16ClN3O3S. The van der Waals surface area contributed by atoms with Crippen LogP contribution in [0.4, 0.5) is 0 Å². The molecule has 0 spiro atoms. The second-order valence-corrected chi connectivity index (χ2v) is 8.12. The van der Waals surface area contributed by atoms with Gasteiger partial charge >= 0.3 is 0 Å². The number of aromatic nitrogens is 1. The molecule has 1 saturated heterocycles. The number of pyridine rings is 1. The second kappa shape index (κ2) is 7.00. The van der Waals surface area contributed by atoms with E-state index < -0.39 is 10.0 Å². The molecule has 2 heterocycles. The Morgan fingerprint density at radius 3 is 2.84 bits per heavy atom. The molecule has 0 amide bonds. The van der Waals surface area contributed by atoms with Crippen molar-refractivity contribution in [1.82, 2.24) is 9.29 Å². The summed E-state index contributed by atoms with van der Waals surface area (Å²) >= 11 is 5.91. The molecule has 8 heteroatoms. The van der Waals surface area contributed by atoms with Crippen molar-refractivity contribution in [2.45, 2.75) is 24.3 Å². The highest BCUT2D eigenvalue weighted by molar-refractivity contribution is 7.89. The van der Waals surface area contributed by atoms with Gasteiger partial charge in [0.2, 0.25) is 10.0 Å². The molecule has 6 nitrogen and oxygen atoms in total. The number of halogens is 1. The minimum absolute atomic E-state index is 0.0693. The van der Waals surface area contributed by atoms with E-state index in [0.29, 0.717) is 18.7 Å². The summed E-state index contributed by atoms with van der Waals surface area (Å²) in [6, 6.07) is 9.78. The summed E-state index contributed by atoms with van der Waals surface area (Å²) in [6.45, 7) is 2.42. The van der Waals surface area contributed by atoms with Gasteiger partial charge in [-0.3, -0.25) is 4.98 Å². The van der Waals surface area contributed by atoms with Gasteiger partial charge < -0.3 is 4.74 Å². The SMILES string of the molecule is Cc1ccc(OC2CCN(S(=O)(=O)c3cc(Cl)ccc3C#N)C2)cn1. The molecule has 1 atom stereocenters. The number of aryl methyl sites for hydroxylation is 1. The van der Waals surface area contributed by atoms with E-state index in [2.05, 4.69) is 4.98 Å². The third-order valence-electron chi connectivity index (χ3n) is 3.98. The Labute approximate surface area is 151 Å². The van der Waals surface area contributed by atoms with Crippen LogP contribution >= 0.6 is 11.6 Å². The maximum Gasteiger partial charge on any atom is 0.244 e. The molecule has 0 saturated carbocycles. The van der Waals surface area contributed by atoms with Gasteiger partial charge in [0, 0.05) is 17.3 Å². The molecule has 1 fully saturated rings. The van der Waals surface area contributed by atoms with E-state index in [4.69, 9.17) is 16.3 Å². The van der Waals surface area contributed by atoms with Crippen molar-refractivity contribution in [3.63, 3.8) is 0 Å². The first-order valence-electron chi connectivity index (χ1n) is 7.69. The van der Waals surface area contributed by atoms with Crippen molar-refractivity contribution in [1.29, 1.82) is 5.26 Å². The average Bonchev–Trinajstić information content (AvgIpc) is 3.06. The first-order valence-corrected chi connectivity index (χ1v) is 9.51. The fourth-order valence-corrected chi connectivity index (χ4v) is 4.56. The van der Waals surface area contributed by atoms with Crippen molar-refractivity contribution in [3.05, 3.63) is 52.8 Å². The predicted octanol–water partition coefficient (Wildman–Crippen LogP) is 2.76. The normalized spacial score (nSPS) is 18.0. The molecule has 1 unspecified atom stereocenters. The van der Waals surface area contributed by atoms with Crippen LogP contribution in [0.5, 0.6) is 5.75 Å². The zero-order chi connectivity index (χ0) is 18.0. The van der Waals surface area contributed by atoms with E-state index in [1.165, 1.54) is 22.5 Å². The molecule has 3 rings (SSSR count). The highest BCUT2D eigenvalue weighted by atomic mass is 35.5. The van der Waals surface area contributed by atoms with Crippen LogP contribution in [0.25, 0.3) is 0 Å². The van der Waals surface area contributed by atoms with Crippen molar-refractivity contribution in [3.8, 4) is 11.8 Å². The van der Waals surface area contributed by atoms with Crippen molar-refractivity contribution in [2.24, 2.45) is 0 Å². The molecule has 130 valence electrons. The minimum atomic E-state index is -3.81. The molecule has 1 aromatic heterocycles. The van der Waals surface area contributed by atoms with Crippen LogP contribution in [-0.4, -0.2) is 36.9 Å². The van der Waals surface area contributed by atoms with E-state index >= 15 is 0 Å². The number of ether oxygens (including phenoxy) is 1. The van der Waals surface area contributed by atoms with Gasteiger partial charge in [-0.1, -0.05) is 11.6 Å². The van der Waals surface area contributed by atoms with Crippen LogP contribution < -0.4 is 4.74 Å².